The van der Waals surface area contributed by atoms with Crippen LogP contribution >= 0.6 is 11.3 Å². The molecule has 4 rings (SSSR count). The summed E-state index contributed by atoms with van der Waals surface area (Å²) in [4.78, 5) is 35.2. The van der Waals surface area contributed by atoms with Crippen LogP contribution in [0, 0.1) is 6.92 Å². The van der Waals surface area contributed by atoms with Gasteiger partial charge in [0, 0.05) is 18.7 Å². The van der Waals surface area contributed by atoms with E-state index in [1.54, 1.807) is 19.1 Å². The third kappa shape index (κ3) is 4.65. The fraction of sp³-hybridized carbons (Fsp3) is 0.269. The van der Waals surface area contributed by atoms with Crippen molar-refractivity contribution in [2.75, 3.05) is 34.3 Å². The molecule has 1 unspecified atom stereocenters. The number of Topliss-reactive ketones (excluding diaryl/α,β-unsaturated/α-hetero) is 1. The standard InChI is InChI=1S/C26H27N3O5S/c1-15-24(35-25(27-15)16-8-6-5-7-9-16)22(31)20-21(17-10-11-19(34-4)18(30)14-17)29(13-12-28(2)3)26(33)23(20)32/h5-11,14,21,30,32H,12-13H2,1-4H3. The van der Waals surface area contributed by atoms with Gasteiger partial charge in [-0.1, -0.05) is 36.4 Å². The number of aromatic nitrogens is 1. The Balaban J connectivity index is 1.79. The number of aliphatic hydroxyl groups excluding tert-OH is 1. The predicted octanol–water partition coefficient (Wildman–Crippen LogP) is 3.97. The minimum atomic E-state index is -0.867. The number of aliphatic hydroxyl groups is 1. The van der Waals surface area contributed by atoms with Gasteiger partial charge in [-0.25, -0.2) is 4.98 Å². The second-order valence-electron chi connectivity index (χ2n) is 8.53. The highest BCUT2D eigenvalue weighted by atomic mass is 32.1. The summed E-state index contributed by atoms with van der Waals surface area (Å²) in [7, 11) is 5.19. The average Bonchev–Trinajstić information content (AvgIpc) is 3.35. The molecule has 0 saturated heterocycles. The number of aromatic hydroxyl groups is 1. The van der Waals surface area contributed by atoms with Crippen LogP contribution in [0.3, 0.4) is 0 Å². The number of nitrogens with zero attached hydrogens (tertiary/aromatic N) is 3. The number of ether oxygens (including phenoxy) is 1. The average molecular weight is 494 g/mol. The minimum Gasteiger partial charge on any atom is -0.504 e. The third-order valence-corrected chi connectivity index (χ3v) is 7.08. The molecule has 1 amide bonds. The smallest absolute Gasteiger partial charge is 0.290 e. The Hall–Kier alpha value is -3.69. The summed E-state index contributed by atoms with van der Waals surface area (Å²) in [6.45, 7) is 2.54. The van der Waals surface area contributed by atoms with Crippen LogP contribution in [0.1, 0.15) is 27.0 Å². The molecule has 9 heteroatoms. The first-order valence-corrected chi connectivity index (χ1v) is 11.9. The van der Waals surface area contributed by atoms with Gasteiger partial charge < -0.3 is 24.7 Å². The van der Waals surface area contributed by atoms with E-state index in [-0.39, 0.29) is 23.6 Å². The third-order valence-electron chi connectivity index (χ3n) is 5.88. The topological polar surface area (TPSA) is 103 Å². The van der Waals surface area contributed by atoms with Gasteiger partial charge in [-0.15, -0.1) is 11.3 Å². The van der Waals surface area contributed by atoms with E-state index in [0.29, 0.717) is 27.7 Å². The van der Waals surface area contributed by atoms with E-state index in [0.717, 1.165) is 5.56 Å². The summed E-state index contributed by atoms with van der Waals surface area (Å²) < 4.78 is 5.14. The maximum absolute atomic E-state index is 13.8. The van der Waals surface area contributed by atoms with E-state index in [1.807, 2.05) is 49.3 Å². The van der Waals surface area contributed by atoms with Gasteiger partial charge >= 0.3 is 0 Å². The van der Waals surface area contributed by atoms with E-state index in [1.165, 1.54) is 29.4 Å². The highest BCUT2D eigenvalue weighted by Crippen LogP contribution is 2.42. The lowest BCUT2D eigenvalue weighted by Crippen LogP contribution is -2.36. The van der Waals surface area contributed by atoms with Crippen molar-refractivity contribution in [1.29, 1.82) is 0 Å². The van der Waals surface area contributed by atoms with Crippen LogP contribution in [0.4, 0.5) is 0 Å². The van der Waals surface area contributed by atoms with Crippen LogP contribution in [0.5, 0.6) is 11.5 Å². The highest BCUT2D eigenvalue weighted by Gasteiger charge is 2.44. The molecular weight excluding hydrogens is 466 g/mol. The van der Waals surface area contributed by atoms with Gasteiger partial charge in [-0.3, -0.25) is 9.59 Å². The molecule has 1 aromatic heterocycles. The Bertz CT molecular complexity index is 1300. The summed E-state index contributed by atoms with van der Waals surface area (Å²) in [5, 5.41) is 22.0. The molecule has 1 aliphatic rings. The lowest BCUT2D eigenvalue weighted by atomic mass is 9.94. The van der Waals surface area contributed by atoms with Crippen LogP contribution in [-0.4, -0.2) is 71.0 Å². The first kappa shape index (κ1) is 24.4. The van der Waals surface area contributed by atoms with Crippen molar-refractivity contribution in [3.05, 3.63) is 76.0 Å². The summed E-state index contributed by atoms with van der Waals surface area (Å²) in [6, 6.07) is 13.4. The van der Waals surface area contributed by atoms with Gasteiger partial charge in [0.25, 0.3) is 5.91 Å². The molecule has 1 aliphatic heterocycles. The maximum atomic E-state index is 13.8. The molecule has 182 valence electrons. The zero-order valence-electron chi connectivity index (χ0n) is 20.0. The molecule has 0 saturated carbocycles. The number of aryl methyl sites for hydroxylation is 1. The maximum Gasteiger partial charge on any atom is 0.290 e. The number of methoxy groups -OCH3 is 1. The number of benzene rings is 2. The SMILES string of the molecule is COc1ccc(C2C(C(=O)c3sc(-c4ccccc4)nc3C)=C(O)C(=O)N2CCN(C)C)cc1O. The molecule has 3 aromatic rings. The summed E-state index contributed by atoms with van der Waals surface area (Å²) in [5.41, 5.74) is 1.87. The molecule has 1 atom stereocenters. The van der Waals surface area contributed by atoms with Crippen LogP contribution in [0.2, 0.25) is 0 Å². The van der Waals surface area contributed by atoms with E-state index in [2.05, 4.69) is 4.98 Å². The molecule has 2 N–H and O–H groups in total. The highest BCUT2D eigenvalue weighted by molar-refractivity contribution is 7.17. The molecule has 0 radical (unpaired) electrons. The fourth-order valence-corrected chi connectivity index (χ4v) is 5.11. The van der Waals surface area contributed by atoms with Gasteiger partial charge in [0.2, 0.25) is 5.78 Å². The molecule has 35 heavy (non-hydrogen) atoms. The number of likely N-dealkylation sites (N-methyl/N-ethyl adjacent to an activating group) is 1. The molecule has 0 aliphatic carbocycles. The second kappa shape index (κ2) is 9.89. The van der Waals surface area contributed by atoms with Crippen LogP contribution in [0.25, 0.3) is 10.6 Å². The molecule has 0 fully saturated rings. The lowest BCUT2D eigenvalue weighted by Gasteiger charge is -2.28. The van der Waals surface area contributed by atoms with Crippen molar-refractivity contribution in [1.82, 2.24) is 14.8 Å². The number of phenols is 1. The zero-order valence-corrected chi connectivity index (χ0v) is 20.8. The Kier molecular flexibility index (Phi) is 6.90. The van der Waals surface area contributed by atoms with Crippen molar-refractivity contribution in [2.24, 2.45) is 0 Å². The second-order valence-corrected chi connectivity index (χ2v) is 9.53. The van der Waals surface area contributed by atoms with Gasteiger partial charge in [-0.05, 0) is 38.7 Å². The van der Waals surface area contributed by atoms with Gasteiger partial charge in [0.15, 0.2) is 17.3 Å². The van der Waals surface area contributed by atoms with Gasteiger partial charge in [0.05, 0.1) is 29.3 Å². The molecule has 2 aromatic carbocycles. The van der Waals surface area contributed by atoms with Crippen LogP contribution in [-0.2, 0) is 4.79 Å². The summed E-state index contributed by atoms with van der Waals surface area (Å²) in [5.74, 6) is -1.52. The zero-order chi connectivity index (χ0) is 25.3. The minimum absolute atomic E-state index is 0.0234. The quantitative estimate of drug-likeness (QED) is 0.458. The largest absolute Gasteiger partial charge is 0.504 e. The lowest BCUT2D eigenvalue weighted by molar-refractivity contribution is -0.129. The number of hydrogen-bond donors (Lipinski definition) is 2. The molecule has 0 bridgehead atoms. The number of ketones is 1. The molecular formula is C26H27N3O5S. The predicted molar refractivity (Wildman–Crippen MR) is 134 cm³/mol. The molecule has 0 spiro atoms. The van der Waals surface area contributed by atoms with E-state index >= 15 is 0 Å². The van der Waals surface area contributed by atoms with Crippen molar-refractivity contribution in [3.63, 3.8) is 0 Å². The number of hydrogen-bond acceptors (Lipinski definition) is 8. The molecule has 2 heterocycles. The number of phenolic OH excluding ortho intramolecular Hbond substituents is 1. The Labute approximate surface area is 207 Å². The Morgan fingerprint density at radius 1 is 1.17 bits per heavy atom. The first-order chi connectivity index (χ1) is 16.7. The van der Waals surface area contributed by atoms with Gasteiger partial charge in [-0.2, -0.15) is 0 Å². The Morgan fingerprint density at radius 3 is 2.51 bits per heavy atom. The van der Waals surface area contributed by atoms with Crippen LogP contribution in [0.15, 0.2) is 59.9 Å². The van der Waals surface area contributed by atoms with E-state index in [4.69, 9.17) is 4.74 Å². The van der Waals surface area contributed by atoms with Gasteiger partial charge in [0.1, 0.15) is 5.01 Å². The Morgan fingerprint density at radius 2 is 1.89 bits per heavy atom. The van der Waals surface area contributed by atoms with E-state index in [9.17, 15) is 19.8 Å². The monoisotopic (exact) mass is 493 g/mol. The van der Waals surface area contributed by atoms with E-state index < -0.39 is 23.5 Å². The van der Waals surface area contributed by atoms with Crippen molar-refractivity contribution in [2.45, 2.75) is 13.0 Å². The first-order valence-electron chi connectivity index (χ1n) is 11.1. The number of carbonyl (C=O) groups excluding carboxylic acids is 2. The molecule has 8 nitrogen and oxygen atoms in total. The van der Waals surface area contributed by atoms with Crippen molar-refractivity contribution >= 4 is 23.0 Å². The number of rotatable bonds is 8. The van der Waals surface area contributed by atoms with Crippen molar-refractivity contribution in [3.8, 4) is 22.1 Å². The number of amides is 1. The normalized spacial score (nSPS) is 15.9. The number of thiazole rings is 1. The van der Waals surface area contributed by atoms with Crippen molar-refractivity contribution < 1.29 is 24.5 Å². The van der Waals surface area contributed by atoms with Crippen LogP contribution < -0.4 is 4.74 Å². The summed E-state index contributed by atoms with van der Waals surface area (Å²) >= 11 is 1.22. The number of carbonyl (C=O) groups is 2. The fourth-order valence-electron chi connectivity index (χ4n) is 4.08. The summed E-state index contributed by atoms with van der Waals surface area (Å²) in [6.07, 6.45) is 0.